The third kappa shape index (κ3) is 4.61. The highest BCUT2D eigenvalue weighted by molar-refractivity contribution is 9.10. The molecular weight excluding hydrogens is 298 g/mol. The van der Waals surface area contributed by atoms with E-state index in [1.54, 1.807) is 0 Å². The van der Waals surface area contributed by atoms with Gasteiger partial charge in [-0.25, -0.2) is 0 Å². The Balaban J connectivity index is 1.98. The lowest BCUT2D eigenvalue weighted by Crippen LogP contribution is -2.32. The fraction of sp³-hybridized carbons (Fsp3) is 0.647. The molecule has 0 spiro atoms. The lowest BCUT2D eigenvalue weighted by Gasteiger charge is -2.24. The second kappa shape index (κ2) is 7.44. The minimum atomic E-state index is 0.496. The average Bonchev–Trinajstić information content (AvgIpc) is 2.61. The van der Waals surface area contributed by atoms with Crippen LogP contribution in [0.25, 0.3) is 0 Å². The molecule has 0 aliphatic heterocycles. The SMILES string of the molecule is CCC(NC1CCCC(C)CC1)c1cccc(Br)c1. The number of nitrogens with one attached hydrogen (secondary N) is 1. The van der Waals surface area contributed by atoms with E-state index in [2.05, 4.69) is 59.4 Å². The average molecular weight is 324 g/mol. The third-order valence-electron chi connectivity index (χ3n) is 4.35. The zero-order valence-corrected chi connectivity index (χ0v) is 13.7. The Kier molecular flexibility index (Phi) is 5.90. The molecule has 2 rings (SSSR count). The van der Waals surface area contributed by atoms with Gasteiger partial charge in [0.05, 0.1) is 0 Å². The van der Waals surface area contributed by atoms with Crippen molar-refractivity contribution in [2.75, 3.05) is 0 Å². The van der Waals surface area contributed by atoms with Gasteiger partial charge in [0.1, 0.15) is 0 Å². The standard InChI is InChI=1S/C17H26BrN/c1-3-17(14-7-5-8-15(18)12-14)19-16-9-4-6-13(2)10-11-16/h5,7-8,12-13,16-17,19H,3-4,6,9-11H2,1-2H3. The van der Waals surface area contributed by atoms with Gasteiger partial charge in [0, 0.05) is 16.6 Å². The molecule has 1 nitrogen and oxygen atoms in total. The van der Waals surface area contributed by atoms with Crippen molar-refractivity contribution in [1.82, 2.24) is 5.32 Å². The molecule has 1 aromatic carbocycles. The van der Waals surface area contributed by atoms with E-state index in [0.717, 1.165) is 12.3 Å². The van der Waals surface area contributed by atoms with E-state index >= 15 is 0 Å². The first-order valence-electron chi connectivity index (χ1n) is 7.70. The molecule has 3 unspecified atom stereocenters. The summed E-state index contributed by atoms with van der Waals surface area (Å²) < 4.78 is 1.18. The fourth-order valence-corrected chi connectivity index (χ4v) is 3.53. The molecule has 0 aromatic heterocycles. The smallest absolute Gasteiger partial charge is 0.0320 e. The Hall–Kier alpha value is -0.340. The first kappa shape index (κ1) is 15.1. The summed E-state index contributed by atoms with van der Waals surface area (Å²) in [4.78, 5) is 0. The van der Waals surface area contributed by atoms with Gasteiger partial charge in [0.15, 0.2) is 0 Å². The van der Waals surface area contributed by atoms with E-state index in [-0.39, 0.29) is 0 Å². The van der Waals surface area contributed by atoms with Gasteiger partial charge in [-0.05, 0) is 49.3 Å². The van der Waals surface area contributed by atoms with Crippen LogP contribution in [0.15, 0.2) is 28.7 Å². The Morgan fingerprint density at radius 2 is 2.11 bits per heavy atom. The van der Waals surface area contributed by atoms with Crippen molar-refractivity contribution in [3.8, 4) is 0 Å². The Bertz CT molecular complexity index is 391. The third-order valence-corrected chi connectivity index (χ3v) is 4.85. The first-order chi connectivity index (χ1) is 9.19. The van der Waals surface area contributed by atoms with Crippen molar-refractivity contribution in [3.63, 3.8) is 0 Å². The number of halogens is 1. The highest BCUT2D eigenvalue weighted by Gasteiger charge is 2.19. The minimum absolute atomic E-state index is 0.496. The topological polar surface area (TPSA) is 12.0 Å². The molecule has 0 heterocycles. The van der Waals surface area contributed by atoms with Crippen LogP contribution in [0.2, 0.25) is 0 Å². The van der Waals surface area contributed by atoms with Crippen molar-refractivity contribution in [2.24, 2.45) is 5.92 Å². The van der Waals surface area contributed by atoms with Gasteiger partial charge in [0.2, 0.25) is 0 Å². The van der Waals surface area contributed by atoms with Crippen LogP contribution in [0.5, 0.6) is 0 Å². The molecule has 2 heteroatoms. The molecule has 1 aliphatic rings. The molecule has 1 aliphatic carbocycles. The lowest BCUT2D eigenvalue weighted by molar-refractivity contribution is 0.387. The number of benzene rings is 1. The maximum atomic E-state index is 3.89. The maximum absolute atomic E-state index is 3.89. The van der Waals surface area contributed by atoms with E-state index in [0.29, 0.717) is 12.1 Å². The van der Waals surface area contributed by atoms with Crippen molar-refractivity contribution in [2.45, 2.75) is 64.5 Å². The van der Waals surface area contributed by atoms with Crippen LogP contribution in [-0.4, -0.2) is 6.04 Å². The van der Waals surface area contributed by atoms with Gasteiger partial charge in [-0.3, -0.25) is 0 Å². The second-order valence-corrected chi connectivity index (χ2v) is 6.91. The monoisotopic (exact) mass is 323 g/mol. The highest BCUT2D eigenvalue weighted by atomic mass is 79.9. The summed E-state index contributed by atoms with van der Waals surface area (Å²) in [5, 5.41) is 3.89. The number of rotatable bonds is 4. The van der Waals surface area contributed by atoms with Crippen molar-refractivity contribution >= 4 is 15.9 Å². The Labute approximate surface area is 126 Å². The van der Waals surface area contributed by atoms with Crippen LogP contribution in [0.4, 0.5) is 0 Å². The molecule has 1 N–H and O–H groups in total. The molecule has 0 amide bonds. The molecule has 1 aromatic rings. The summed E-state index contributed by atoms with van der Waals surface area (Å²) in [6, 6.07) is 9.93. The van der Waals surface area contributed by atoms with Crippen molar-refractivity contribution in [3.05, 3.63) is 34.3 Å². The predicted molar refractivity (Wildman–Crippen MR) is 86.3 cm³/mol. The van der Waals surface area contributed by atoms with Gasteiger partial charge in [-0.1, -0.05) is 54.8 Å². The summed E-state index contributed by atoms with van der Waals surface area (Å²) in [5.41, 5.74) is 1.41. The molecule has 0 bridgehead atoms. The number of hydrogen-bond acceptors (Lipinski definition) is 1. The van der Waals surface area contributed by atoms with E-state index in [9.17, 15) is 0 Å². The van der Waals surface area contributed by atoms with Crippen molar-refractivity contribution in [1.29, 1.82) is 0 Å². The van der Waals surface area contributed by atoms with Crippen LogP contribution in [0, 0.1) is 5.92 Å². The molecular formula is C17H26BrN. The quantitative estimate of drug-likeness (QED) is 0.725. The molecule has 0 saturated heterocycles. The Morgan fingerprint density at radius 1 is 1.26 bits per heavy atom. The highest BCUT2D eigenvalue weighted by Crippen LogP contribution is 2.26. The van der Waals surface area contributed by atoms with Crippen LogP contribution >= 0.6 is 15.9 Å². The molecule has 19 heavy (non-hydrogen) atoms. The zero-order valence-electron chi connectivity index (χ0n) is 12.2. The molecule has 1 fully saturated rings. The van der Waals surface area contributed by atoms with Gasteiger partial charge < -0.3 is 5.32 Å². The normalized spacial score (nSPS) is 25.8. The fourth-order valence-electron chi connectivity index (χ4n) is 3.11. The van der Waals surface area contributed by atoms with E-state index < -0.39 is 0 Å². The molecule has 106 valence electrons. The van der Waals surface area contributed by atoms with E-state index in [1.165, 1.54) is 42.1 Å². The largest absolute Gasteiger partial charge is 0.307 e. The Morgan fingerprint density at radius 3 is 2.84 bits per heavy atom. The summed E-state index contributed by atoms with van der Waals surface area (Å²) in [6.45, 7) is 4.67. The van der Waals surface area contributed by atoms with Gasteiger partial charge >= 0.3 is 0 Å². The van der Waals surface area contributed by atoms with Crippen molar-refractivity contribution < 1.29 is 0 Å². The zero-order chi connectivity index (χ0) is 13.7. The summed E-state index contributed by atoms with van der Waals surface area (Å²) >= 11 is 3.58. The summed E-state index contributed by atoms with van der Waals surface area (Å²) in [5.74, 6) is 0.915. The van der Waals surface area contributed by atoms with E-state index in [1.807, 2.05) is 0 Å². The van der Waals surface area contributed by atoms with E-state index in [4.69, 9.17) is 0 Å². The maximum Gasteiger partial charge on any atom is 0.0320 e. The van der Waals surface area contributed by atoms with Crippen LogP contribution < -0.4 is 5.32 Å². The predicted octanol–water partition coefficient (Wildman–Crippen LogP) is 5.46. The lowest BCUT2D eigenvalue weighted by atomic mass is 10.0. The van der Waals surface area contributed by atoms with Crippen LogP contribution in [0.3, 0.4) is 0 Å². The van der Waals surface area contributed by atoms with Gasteiger partial charge in [0.25, 0.3) is 0 Å². The molecule has 1 saturated carbocycles. The molecule has 0 radical (unpaired) electrons. The molecule has 3 atom stereocenters. The first-order valence-corrected chi connectivity index (χ1v) is 8.50. The second-order valence-electron chi connectivity index (χ2n) is 5.99. The van der Waals surface area contributed by atoms with Gasteiger partial charge in [-0.15, -0.1) is 0 Å². The minimum Gasteiger partial charge on any atom is -0.307 e. The number of hydrogen-bond donors (Lipinski definition) is 1. The van der Waals surface area contributed by atoms with Gasteiger partial charge in [-0.2, -0.15) is 0 Å². The van der Waals surface area contributed by atoms with Crippen LogP contribution in [0.1, 0.15) is 64.0 Å². The van der Waals surface area contributed by atoms with Crippen LogP contribution in [-0.2, 0) is 0 Å². The summed E-state index contributed by atoms with van der Waals surface area (Å²) in [7, 11) is 0. The summed E-state index contributed by atoms with van der Waals surface area (Å²) in [6.07, 6.45) is 8.01.